The van der Waals surface area contributed by atoms with Crippen molar-refractivity contribution in [2.45, 2.75) is 25.3 Å². The lowest BCUT2D eigenvalue weighted by atomic mass is 10.2. The first kappa shape index (κ1) is 15.7. The van der Waals surface area contributed by atoms with E-state index < -0.39 is 5.97 Å². The predicted octanol–water partition coefficient (Wildman–Crippen LogP) is 1.99. The van der Waals surface area contributed by atoms with Gasteiger partial charge < -0.3 is 10.4 Å². The zero-order chi connectivity index (χ0) is 15.4. The van der Waals surface area contributed by atoms with Crippen molar-refractivity contribution < 1.29 is 14.7 Å². The number of nitrogens with zero attached hydrogens (tertiary/aromatic N) is 2. The number of carboxylic acids is 1. The van der Waals surface area contributed by atoms with Crippen LogP contribution in [-0.4, -0.2) is 39.2 Å². The van der Waals surface area contributed by atoms with Crippen molar-refractivity contribution in [3.63, 3.8) is 0 Å². The van der Waals surface area contributed by atoms with Crippen LogP contribution in [0.5, 0.6) is 0 Å². The predicted molar refractivity (Wildman–Crippen MR) is 82.9 cm³/mol. The Labute approximate surface area is 130 Å². The van der Waals surface area contributed by atoms with Gasteiger partial charge in [0.25, 0.3) is 0 Å². The van der Waals surface area contributed by atoms with Gasteiger partial charge in [0.15, 0.2) is 0 Å². The van der Waals surface area contributed by atoms with Crippen LogP contribution in [0.1, 0.15) is 16.9 Å². The summed E-state index contributed by atoms with van der Waals surface area (Å²) in [4.78, 5) is 32.6. The second kappa shape index (κ2) is 6.86. The van der Waals surface area contributed by atoms with Crippen molar-refractivity contribution in [3.8, 4) is 0 Å². The van der Waals surface area contributed by atoms with Gasteiger partial charge in [0.2, 0.25) is 5.91 Å². The Kier molecular flexibility index (Phi) is 5.13. The number of aryl methyl sites for hydroxylation is 2. The molecular formula is C13H15N3O3S2. The summed E-state index contributed by atoms with van der Waals surface area (Å²) in [6.45, 7) is 4.20. The Hall–Kier alpha value is -1.67. The van der Waals surface area contributed by atoms with E-state index in [9.17, 15) is 9.59 Å². The number of aromatic nitrogens is 2. The van der Waals surface area contributed by atoms with Crippen LogP contribution in [0.4, 0.5) is 0 Å². The lowest BCUT2D eigenvalue weighted by Gasteiger charge is -2.04. The molecule has 0 saturated carbocycles. The number of hydrogen-bond acceptors (Lipinski definition) is 6. The number of carbonyl (C=O) groups excluding carboxylic acids is 1. The van der Waals surface area contributed by atoms with Gasteiger partial charge in [-0.3, -0.25) is 9.59 Å². The number of carbonyl (C=O) groups is 2. The Balaban J connectivity index is 2.00. The monoisotopic (exact) mass is 325 g/mol. The summed E-state index contributed by atoms with van der Waals surface area (Å²) in [7, 11) is 0. The number of thiophene rings is 1. The molecule has 21 heavy (non-hydrogen) atoms. The molecule has 0 aliphatic rings. The summed E-state index contributed by atoms with van der Waals surface area (Å²) in [5.41, 5.74) is 1.14. The molecule has 2 aromatic rings. The van der Waals surface area contributed by atoms with Gasteiger partial charge in [0.1, 0.15) is 16.2 Å². The Bertz CT molecular complexity index is 685. The van der Waals surface area contributed by atoms with E-state index in [4.69, 9.17) is 5.11 Å². The average molecular weight is 325 g/mol. The molecule has 0 fully saturated rings. The molecule has 0 aliphatic carbocycles. The quantitative estimate of drug-likeness (QED) is 0.623. The minimum atomic E-state index is -0.926. The second-order valence-electron chi connectivity index (χ2n) is 4.42. The van der Waals surface area contributed by atoms with Crippen molar-refractivity contribution in [1.29, 1.82) is 0 Å². The fourth-order valence-electron chi connectivity index (χ4n) is 1.75. The summed E-state index contributed by atoms with van der Waals surface area (Å²) < 4.78 is 0. The van der Waals surface area contributed by atoms with Crippen molar-refractivity contribution in [3.05, 3.63) is 16.8 Å². The SMILES string of the molecule is Cc1sc2ncnc(SCC(=O)NCCC(=O)O)c2c1C. The molecule has 0 spiro atoms. The van der Waals surface area contributed by atoms with Crippen molar-refractivity contribution in [1.82, 2.24) is 15.3 Å². The van der Waals surface area contributed by atoms with Crippen LogP contribution in [0.2, 0.25) is 0 Å². The van der Waals surface area contributed by atoms with Gasteiger partial charge in [-0.25, -0.2) is 9.97 Å². The molecule has 6 nitrogen and oxygen atoms in total. The van der Waals surface area contributed by atoms with Crippen molar-refractivity contribution in [2.75, 3.05) is 12.3 Å². The van der Waals surface area contributed by atoms with Crippen LogP contribution in [0.25, 0.3) is 10.2 Å². The third-order valence-corrected chi connectivity index (χ3v) is 5.04. The summed E-state index contributed by atoms with van der Waals surface area (Å²) >= 11 is 2.95. The molecular weight excluding hydrogens is 310 g/mol. The minimum absolute atomic E-state index is 0.0724. The Morgan fingerprint density at radius 2 is 2.14 bits per heavy atom. The largest absolute Gasteiger partial charge is 0.481 e. The molecule has 8 heteroatoms. The first-order chi connectivity index (χ1) is 9.99. The number of amides is 1. The first-order valence-electron chi connectivity index (χ1n) is 6.31. The summed E-state index contributed by atoms with van der Waals surface area (Å²) in [6.07, 6.45) is 1.43. The van der Waals surface area contributed by atoms with Crippen LogP contribution in [0.15, 0.2) is 11.4 Å². The van der Waals surface area contributed by atoms with Crippen molar-refractivity contribution >= 4 is 45.2 Å². The zero-order valence-electron chi connectivity index (χ0n) is 11.7. The molecule has 2 heterocycles. The van der Waals surface area contributed by atoms with E-state index in [-0.39, 0.29) is 24.6 Å². The Morgan fingerprint density at radius 3 is 2.86 bits per heavy atom. The highest BCUT2D eigenvalue weighted by molar-refractivity contribution is 8.00. The van der Waals surface area contributed by atoms with Crippen LogP contribution in [-0.2, 0) is 9.59 Å². The van der Waals surface area contributed by atoms with E-state index in [2.05, 4.69) is 15.3 Å². The number of hydrogen-bond donors (Lipinski definition) is 2. The molecule has 2 rings (SSSR count). The number of rotatable bonds is 6. The molecule has 2 N–H and O–H groups in total. The third kappa shape index (κ3) is 3.92. The normalized spacial score (nSPS) is 10.8. The molecule has 2 aromatic heterocycles. The first-order valence-corrected chi connectivity index (χ1v) is 8.11. The number of nitrogens with one attached hydrogen (secondary N) is 1. The van der Waals surface area contributed by atoms with Gasteiger partial charge in [-0.15, -0.1) is 11.3 Å². The fraction of sp³-hybridized carbons (Fsp3) is 0.385. The zero-order valence-corrected chi connectivity index (χ0v) is 13.3. The number of carboxylic acid groups (broad SMARTS) is 1. The van der Waals surface area contributed by atoms with Crippen LogP contribution < -0.4 is 5.32 Å². The molecule has 112 valence electrons. The molecule has 0 aliphatic heterocycles. The van der Waals surface area contributed by atoms with E-state index in [1.807, 2.05) is 13.8 Å². The second-order valence-corrected chi connectivity index (χ2v) is 6.59. The third-order valence-electron chi connectivity index (χ3n) is 2.93. The van der Waals surface area contributed by atoms with Gasteiger partial charge in [-0.05, 0) is 19.4 Å². The topological polar surface area (TPSA) is 92.2 Å². The maximum Gasteiger partial charge on any atom is 0.305 e. The van der Waals surface area contributed by atoms with Gasteiger partial charge in [0.05, 0.1) is 12.2 Å². The summed E-state index contributed by atoms with van der Waals surface area (Å²) in [6, 6.07) is 0. The van der Waals surface area contributed by atoms with Crippen LogP contribution in [0, 0.1) is 13.8 Å². The summed E-state index contributed by atoms with van der Waals surface area (Å²) in [5, 5.41) is 12.9. The smallest absolute Gasteiger partial charge is 0.305 e. The number of fused-ring (bicyclic) bond motifs is 1. The fourth-order valence-corrected chi connectivity index (χ4v) is 3.70. The molecule has 0 saturated heterocycles. The highest BCUT2D eigenvalue weighted by Gasteiger charge is 2.13. The lowest BCUT2D eigenvalue weighted by Crippen LogP contribution is -2.27. The van der Waals surface area contributed by atoms with E-state index in [0.29, 0.717) is 0 Å². The van der Waals surface area contributed by atoms with Gasteiger partial charge >= 0.3 is 5.97 Å². The van der Waals surface area contributed by atoms with Gasteiger partial charge in [-0.2, -0.15) is 0 Å². The van der Waals surface area contributed by atoms with E-state index >= 15 is 0 Å². The highest BCUT2D eigenvalue weighted by Crippen LogP contribution is 2.34. The van der Waals surface area contributed by atoms with Crippen LogP contribution in [0.3, 0.4) is 0 Å². The van der Waals surface area contributed by atoms with E-state index in [1.54, 1.807) is 11.3 Å². The lowest BCUT2D eigenvalue weighted by molar-refractivity contribution is -0.136. The highest BCUT2D eigenvalue weighted by atomic mass is 32.2. The summed E-state index contributed by atoms with van der Waals surface area (Å²) in [5.74, 6) is -0.914. The molecule has 0 unspecified atom stereocenters. The maximum atomic E-state index is 11.7. The standard InChI is InChI=1S/C13H15N3O3S2/c1-7-8(2)21-13-11(7)12(15-6-16-13)20-5-9(17)14-4-3-10(18)19/h6H,3-5H2,1-2H3,(H,14,17)(H,18,19). The molecule has 0 atom stereocenters. The molecule has 0 bridgehead atoms. The average Bonchev–Trinajstić information content (AvgIpc) is 2.72. The van der Waals surface area contributed by atoms with Gasteiger partial charge in [-0.1, -0.05) is 11.8 Å². The molecule has 0 aromatic carbocycles. The van der Waals surface area contributed by atoms with E-state index in [0.717, 1.165) is 20.8 Å². The van der Waals surface area contributed by atoms with Gasteiger partial charge in [0, 0.05) is 16.8 Å². The van der Waals surface area contributed by atoms with Crippen molar-refractivity contribution in [2.24, 2.45) is 0 Å². The maximum absolute atomic E-state index is 11.7. The van der Waals surface area contributed by atoms with Crippen LogP contribution >= 0.6 is 23.1 Å². The minimum Gasteiger partial charge on any atom is -0.481 e. The van der Waals surface area contributed by atoms with E-state index in [1.165, 1.54) is 23.0 Å². The molecule has 1 amide bonds. The number of thioether (sulfide) groups is 1. The Morgan fingerprint density at radius 1 is 1.38 bits per heavy atom. The number of aliphatic carboxylic acids is 1. The molecule has 0 radical (unpaired) electrons.